The molecule has 0 radical (unpaired) electrons. The van der Waals surface area contributed by atoms with Crippen molar-refractivity contribution in [2.75, 3.05) is 13.7 Å². The number of amides is 1. The first-order chi connectivity index (χ1) is 8.95. The molecular weight excluding hydrogens is 250 g/mol. The second-order valence-electron chi connectivity index (χ2n) is 4.69. The van der Waals surface area contributed by atoms with Crippen molar-refractivity contribution < 1.29 is 23.8 Å². The number of ether oxygens (including phenoxy) is 1. The molecule has 106 valence electrons. The molecule has 6 nitrogen and oxygen atoms in total. The minimum Gasteiger partial charge on any atom is -0.481 e. The predicted octanol–water partition coefficient (Wildman–Crippen LogP) is 1.21. The van der Waals surface area contributed by atoms with Crippen LogP contribution in [0.4, 0.5) is 0 Å². The number of carbonyl (C=O) groups is 2. The molecular formula is C13H19NO5. The lowest BCUT2D eigenvalue weighted by atomic mass is 9.98. The van der Waals surface area contributed by atoms with E-state index in [1.807, 2.05) is 0 Å². The van der Waals surface area contributed by atoms with Crippen molar-refractivity contribution in [3.63, 3.8) is 0 Å². The van der Waals surface area contributed by atoms with Gasteiger partial charge >= 0.3 is 5.97 Å². The van der Waals surface area contributed by atoms with Crippen molar-refractivity contribution in [3.8, 4) is 0 Å². The summed E-state index contributed by atoms with van der Waals surface area (Å²) >= 11 is 0. The van der Waals surface area contributed by atoms with Crippen LogP contribution >= 0.6 is 0 Å². The third-order valence-corrected chi connectivity index (χ3v) is 2.62. The highest BCUT2D eigenvalue weighted by Gasteiger charge is 2.29. The Balaban J connectivity index is 2.48. The minimum absolute atomic E-state index is 0.145. The van der Waals surface area contributed by atoms with Crippen LogP contribution in [0, 0.1) is 0 Å². The van der Waals surface area contributed by atoms with E-state index in [1.165, 1.54) is 7.11 Å². The standard InChI is InChI=1S/C13H19NO5/c1-13(9-18-2,8-12(16)17)14-11(15)6-5-10-4-3-7-19-10/h3-4,7H,5-6,8-9H2,1-2H3,(H,14,15)(H,16,17). The average Bonchev–Trinajstić information content (AvgIpc) is 2.77. The van der Waals surface area contributed by atoms with Crippen LogP contribution in [0.2, 0.25) is 0 Å². The molecule has 0 aliphatic carbocycles. The van der Waals surface area contributed by atoms with E-state index in [-0.39, 0.29) is 25.4 Å². The lowest BCUT2D eigenvalue weighted by molar-refractivity contribution is -0.139. The molecule has 1 amide bonds. The zero-order chi connectivity index (χ0) is 14.3. The first-order valence-corrected chi connectivity index (χ1v) is 5.99. The van der Waals surface area contributed by atoms with Gasteiger partial charge in [-0.1, -0.05) is 0 Å². The van der Waals surface area contributed by atoms with E-state index in [9.17, 15) is 9.59 Å². The summed E-state index contributed by atoms with van der Waals surface area (Å²) in [6.45, 7) is 1.79. The first kappa shape index (κ1) is 15.2. The van der Waals surface area contributed by atoms with E-state index in [0.29, 0.717) is 6.42 Å². The molecule has 0 spiro atoms. The molecule has 1 aromatic rings. The molecule has 6 heteroatoms. The fourth-order valence-electron chi connectivity index (χ4n) is 1.87. The average molecular weight is 269 g/mol. The van der Waals surface area contributed by atoms with Crippen molar-refractivity contribution >= 4 is 11.9 Å². The van der Waals surface area contributed by atoms with E-state index >= 15 is 0 Å². The van der Waals surface area contributed by atoms with Gasteiger partial charge in [0.05, 0.1) is 24.8 Å². The van der Waals surface area contributed by atoms with Crippen LogP contribution in [0.15, 0.2) is 22.8 Å². The highest BCUT2D eigenvalue weighted by Crippen LogP contribution is 2.11. The van der Waals surface area contributed by atoms with Crippen LogP contribution in [-0.2, 0) is 20.7 Å². The number of aliphatic carboxylic acids is 1. The maximum Gasteiger partial charge on any atom is 0.305 e. The molecule has 0 bridgehead atoms. The molecule has 0 saturated carbocycles. The first-order valence-electron chi connectivity index (χ1n) is 5.99. The van der Waals surface area contributed by atoms with Gasteiger partial charge in [-0.05, 0) is 19.1 Å². The van der Waals surface area contributed by atoms with Gasteiger partial charge in [-0.25, -0.2) is 0 Å². The molecule has 0 fully saturated rings. The van der Waals surface area contributed by atoms with Crippen LogP contribution in [-0.4, -0.2) is 36.2 Å². The monoisotopic (exact) mass is 269 g/mol. The van der Waals surface area contributed by atoms with E-state index < -0.39 is 11.5 Å². The van der Waals surface area contributed by atoms with E-state index in [2.05, 4.69) is 5.32 Å². The Hall–Kier alpha value is -1.82. The number of aryl methyl sites for hydroxylation is 1. The molecule has 1 atom stereocenters. The number of hydrogen-bond acceptors (Lipinski definition) is 4. The number of rotatable bonds is 8. The molecule has 1 rings (SSSR count). The zero-order valence-corrected chi connectivity index (χ0v) is 11.1. The summed E-state index contributed by atoms with van der Waals surface area (Å²) < 4.78 is 10.1. The third-order valence-electron chi connectivity index (χ3n) is 2.62. The van der Waals surface area contributed by atoms with Crippen molar-refractivity contribution in [2.45, 2.75) is 31.7 Å². The fourth-order valence-corrected chi connectivity index (χ4v) is 1.87. The quantitative estimate of drug-likeness (QED) is 0.740. The summed E-state index contributed by atoms with van der Waals surface area (Å²) in [6.07, 6.45) is 2.08. The SMILES string of the molecule is COCC(C)(CC(=O)O)NC(=O)CCc1ccco1. The van der Waals surface area contributed by atoms with Gasteiger partial charge in [0.15, 0.2) is 0 Å². The second-order valence-corrected chi connectivity index (χ2v) is 4.69. The Morgan fingerprint density at radius 1 is 1.53 bits per heavy atom. The van der Waals surface area contributed by atoms with Gasteiger partial charge < -0.3 is 19.6 Å². The zero-order valence-electron chi connectivity index (χ0n) is 11.1. The summed E-state index contributed by atoms with van der Waals surface area (Å²) in [4.78, 5) is 22.6. The van der Waals surface area contributed by atoms with Gasteiger partial charge in [0.2, 0.25) is 5.91 Å². The number of carboxylic acid groups (broad SMARTS) is 1. The van der Waals surface area contributed by atoms with E-state index in [1.54, 1.807) is 25.3 Å². The van der Waals surface area contributed by atoms with Crippen molar-refractivity contribution in [1.82, 2.24) is 5.32 Å². The second kappa shape index (κ2) is 6.94. The van der Waals surface area contributed by atoms with Crippen LogP contribution in [0.3, 0.4) is 0 Å². The predicted molar refractivity (Wildman–Crippen MR) is 67.7 cm³/mol. The molecule has 0 aliphatic rings. The molecule has 0 aliphatic heterocycles. The van der Waals surface area contributed by atoms with Crippen molar-refractivity contribution in [1.29, 1.82) is 0 Å². The van der Waals surface area contributed by atoms with E-state index in [4.69, 9.17) is 14.3 Å². The Kier molecular flexibility index (Phi) is 5.57. The van der Waals surface area contributed by atoms with Crippen LogP contribution in [0.25, 0.3) is 0 Å². The van der Waals surface area contributed by atoms with Gasteiger partial charge in [0.25, 0.3) is 0 Å². The van der Waals surface area contributed by atoms with Crippen LogP contribution in [0.5, 0.6) is 0 Å². The molecule has 1 heterocycles. The molecule has 2 N–H and O–H groups in total. The summed E-state index contributed by atoms with van der Waals surface area (Å²) in [5.41, 5.74) is -0.902. The van der Waals surface area contributed by atoms with Crippen molar-refractivity contribution in [2.24, 2.45) is 0 Å². The Morgan fingerprint density at radius 2 is 2.26 bits per heavy atom. The normalized spacial score (nSPS) is 13.8. The van der Waals surface area contributed by atoms with Crippen LogP contribution in [0.1, 0.15) is 25.5 Å². The van der Waals surface area contributed by atoms with Crippen LogP contribution < -0.4 is 5.32 Å². The van der Waals surface area contributed by atoms with Gasteiger partial charge in [-0.15, -0.1) is 0 Å². The van der Waals surface area contributed by atoms with E-state index in [0.717, 1.165) is 5.76 Å². The fraction of sp³-hybridized carbons (Fsp3) is 0.538. The highest BCUT2D eigenvalue weighted by atomic mass is 16.5. The van der Waals surface area contributed by atoms with Gasteiger partial charge in [-0.2, -0.15) is 0 Å². The topological polar surface area (TPSA) is 88.8 Å². The highest BCUT2D eigenvalue weighted by molar-refractivity contribution is 5.78. The largest absolute Gasteiger partial charge is 0.481 e. The van der Waals surface area contributed by atoms with Crippen molar-refractivity contribution in [3.05, 3.63) is 24.2 Å². The molecule has 1 unspecified atom stereocenters. The third kappa shape index (κ3) is 5.56. The molecule has 0 saturated heterocycles. The van der Waals surface area contributed by atoms with Gasteiger partial charge in [0.1, 0.15) is 5.76 Å². The lowest BCUT2D eigenvalue weighted by Gasteiger charge is -2.28. The lowest BCUT2D eigenvalue weighted by Crippen LogP contribution is -2.50. The van der Waals surface area contributed by atoms with Gasteiger partial charge in [-0.3, -0.25) is 9.59 Å². The number of carboxylic acids is 1. The number of furan rings is 1. The molecule has 19 heavy (non-hydrogen) atoms. The van der Waals surface area contributed by atoms with Gasteiger partial charge in [0, 0.05) is 20.0 Å². The maximum absolute atomic E-state index is 11.8. The summed E-state index contributed by atoms with van der Waals surface area (Å²) in [5.74, 6) is -0.482. The summed E-state index contributed by atoms with van der Waals surface area (Å²) in [6, 6.07) is 3.55. The molecule has 0 aromatic carbocycles. The number of hydrogen-bond donors (Lipinski definition) is 2. The number of carbonyl (C=O) groups excluding carboxylic acids is 1. The number of nitrogens with one attached hydrogen (secondary N) is 1. The minimum atomic E-state index is -0.981. The maximum atomic E-state index is 11.8. The summed E-state index contributed by atoms with van der Waals surface area (Å²) in [5, 5.41) is 11.5. The smallest absolute Gasteiger partial charge is 0.305 e. The molecule has 1 aromatic heterocycles. The number of methoxy groups -OCH3 is 1. The Labute approximate surface area is 111 Å². The Bertz CT molecular complexity index is 415. The Morgan fingerprint density at radius 3 is 2.79 bits per heavy atom. The summed E-state index contributed by atoms with van der Waals surface area (Å²) in [7, 11) is 1.47.